The molecule has 0 amide bonds. The number of hydrogen-bond acceptors (Lipinski definition) is 6. The van der Waals surface area contributed by atoms with E-state index in [0.29, 0.717) is 29.2 Å². The minimum atomic E-state index is -3.56. The van der Waals surface area contributed by atoms with Gasteiger partial charge >= 0.3 is 0 Å². The SMILES string of the molecule is CN1CCN(S(=O)(=O)c2cccc(N(C)c3ncccn3)c2Br)CC1. The van der Waals surface area contributed by atoms with E-state index in [-0.39, 0.29) is 4.90 Å². The molecule has 0 spiro atoms. The van der Waals surface area contributed by atoms with Crippen LogP contribution in [0, 0.1) is 0 Å². The molecule has 0 bridgehead atoms. The molecule has 1 aromatic heterocycles. The molecule has 9 heteroatoms. The molecule has 0 atom stereocenters. The van der Waals surface area contributed by atoms with Gasteiger partial charge in [0.1, 0.15) is 0 Å². The molecule has 1 aromatic carbocycles. The van der Waals surface area contributed by atoms with Crippen LogP contribution in [0.3, 0.4) is 0 Å². The molecule has 1 fully saturated rings. The molecule has 0 radical (unpaired) electrons. The van der Waals surface area contributed by atoms with Gasteiger partial charge in [-0.2, -0.15) is 4.31 Å². The summed E-state index contributed by atoms with van der Waals surface area (Å²) in [5, 5.41) is 0. The number of sulfonamides is 1. The van der Waals surface area contributed by atoms with E-state index in [4.69, 9.17) is 0 Å². The third-order valence-corrected chi connectivity index (χ3v) is 7.27. The maximum atomic E-state index is 13.1. The van der Waals surface area contributed by atoms with Gasteiger partial charge < -0.3 is 9.80 Å². The standard InChI is InChI=1S/C16H20BrN5O2S/c1-20-9-11-22(12-10-20)25(23,24)14-6-3-5-13(15(14)17)21(2)16-18-7-4-8-19-16/h3-8H,9-12H2,1-2H3. The van der Waals surface area contributed by atoms with Crippen LogP contribution in [0.5, 0.6) is 0 Å². The zero-order valence-corrected chi connectivity index (χ0v) is 16.5. The smallest absolute Gasteiger partial charge is 0.244 e. The van der Waals surface area contributed by atoms with E-state index in [9.17, 15) is 8.42 Å². The van der Waals surface area contributed by atoms with E-state index < -0.39 is 10.0 Å². The lowest BCUT2D eigenvalue weighted by atomic mass is 10.3. The summed E-state index contributed by atoms with van der Waals surface area (Å²) in [4.78, 5) is 12.6. The Morgan fingerprint density at radius 2 is 1.72 bits per heavy atom. The van der Waals surface area contributed by atoms with Crippen molar-refractivity contribution < 1.29 is 8.42 Å². The molecule has 25 heavy (non-hydrogen) atoms. The minimum Gasteiger partial charge on any atom is -0.312 e. The highest BCUT2D eigenvalue weighted by molar-refractivity contribution is 9.10. The van der Waals surface area contributed by atoms with Crippen molar-refractivity contribution in [3.63, 3.8) is 0 Å². The second kappa shape index (κ2) is 7.36. The van der Waals surface area contributed by atoms with Crippen LogP contribution in [0.1, 0.15) is 0 Å². The van der Waals surface area contributed by atoms with Crippen LogP contribution in [-0.4, -0.2) is 67.9 Å². The van der Waals surface area contributed by atoms with E-state index in [2.05, 4.69) is 30.8 Å². The van der Waals surface area contributed by atoms with Gasteiger partial charge in [-0.25, -0.2) is 18.4 Å². The molecule has 0 N–H and O–H groups in total. The summed E-state index contributed by atoms with van der Waals surface area (Å²) < 4.78 is 28.2. The maximum absolute atomic E-state index is 13.1. The normalized spacial score (nSPS) is 16.8. The largest absolute Gasteiger partial charge is 0.312 e. The zero-order valence-electron chi connectivity index (χ0n) is 14.1. The molecule has 1 saturated heterocycles. The number of nitrogens with zero attached hydrogens (tertiary/aromatic N) is 5. The van der Waals surface area contributed by atoms with Crippen LogP contribution in [0.25, 0.3) is 0 Å². The summed E-state index contributed by atoms with van der Waals surface area (Å²) in [6.07, 6.45) is 3.30. The molecule has 0 saturated carbocycles. The van der Waals surface area contributed by atoms with E-state index in [1.807, 2.05) is 20.2 Å². The molecule has 0 aliphatic carbocycles. The van der Waals surface area contributed by atoms with Crippen LogP contribution in [0.2, 0.25) is 0 Å². The van der Waals surface area contributed by atoms with Gasteiger partial charge in [0.2, 0.25) is 16.0 Å². The van der Waals surface area contributed by atoms with Crippen LogP contribution < -0.4 is 4.90 Å². The van der Waals surface area contributed by atoms with E-state index in [0.717, 1.165) is 13.1 Å². The fourth-order valence-electron chi connectivity index (χ4n) is 2.70. The van der Waals surface area contributed by atoms with Crippen LogP contribution in [0.15, 0.2) is 46.0 Å². The lowest BCUT2D eigenvalue weighted by Crippen LogP contribution is -2.47. The summed E-state index contributed by atoms with van der Waals surface area (Å²) in [6.45, 7) is 2.45. The summed E-state index contributed by atoms with van der Waals surface area (Å²) in [5.74, 6) is 0.498. The Bertz CT molecular complexity index is 839. The molecule has 1 aliphatic rings. The second-order valence-corrected chi connectivity index (χ2v) is 8.60. The number of anilines is 2. The van der Waals surface area contributed by atoms with Crippen molar-refractivity contribution in [3.05, 3.63) is 41.1 Å². The van der Waals surface area contributed by atoms with Gasteiger partial charge in [0, 0.05) is 45.6 Å². The van der Waals surface area contributed by atoms with Crippen LogP contribution in [0.4, 0.5) is 11.6 Å². The topological polar surface area (TPSA) is 69.6 Å². The minimum absolute atomic E-state index is 0.261. The molecule has 134 valence electrons. The van der Waals surface area contributed by atoms with Gasteiger partial charge in [-0.15, -0.1) is 0 Å². The highest BCUT2D eigenvalue weighted by atomic mass is 79.9. The Morgan fingerprint density at radius 3 is 2.36 bits per heavy atom. The van der Waals surface area contributed by atoms with Crippen LogP contribution in [-0.2, 0) is 10.0 Å². The number of halogens is 1. The van der Waals surface area contributed by atoms with Crippen molar-refractivity contribution in [3.8, 4) is 0 Å². The highest BCUT2D eigenvalue weighted by Gasteiger charge is 2.30. The Labute approximate surface area is 156 Å². The lowest BCUT2D eigenvalue weighted by molar-refractivity contribution is 0.222. The predicted octanol–water partition coefficient (Wildman–Crippen LogP) is 1.94. The monoisotopic (exact) mass is 425 g/mol. The Morgan fingerprint density at radius 1 is 1.08 bits per heavy atom. The number of aromatic nitrogens is 2. The predicted molar refractivity (Wildman–Crippen MR) is 100 cm³/mol. The first-order valence-corrected chi connectivity index (χ1v) is 10.1. The first-order chi connectivity index (χ1) is 11.9. The maximum Gasteiger partial charge on any atom is 0.244 e. The summed E-state index contributed by atoms with van der Waals surface area (Å²) in [7, 11) is 0.241. The van der Waals surface area contributed by atoms with Gasteiger partial charge in [-0.3, -0.25) is 0 Å². The average Bonchev–Trinajstić information content (AvgIpc) is 2.62. The molecule has 2 heterocycles. The third-order valence-electron chi connectivity index (χ3n) is 4.24. The number of likely N-dealkylation sites (N-methyl/N-ethyl adjacent to an activating group) is 1. The van der Waals surface area contributed by atoms with Crippen LogP contribution >= 0.6 is 15.9 Å². The number of hydrogen-bond donors (Lipinski definition) is 0. The molecule has 3 rings (SSSR count). The van der Waals surface area contributed by atoms with Gasteiger partial charge in [-0.05, 0) is 41.2 Å². The molecular formula is C16H20BrN5O2S. The van der Waals surface area contributed by atoms with Gasteiger partial charge in [0.05, 0.1) is 15.1 Å². The van der Waals surface area contributed by atoms with E-state index in [1.165, 1.54) is 4.31 Å². The molecule has 7 nitrogen and oxygen atoms in total. The fourth-order valence-corrected chi connectivity index (χ4v) is 5.34. The van der Waals surface area contributed by atoms with Gasteiger partial charge in [0.15, 0.2) is 0 Å². The van der Waals surface area contributed by atoms with Crippen molar-refractivity contribution in [2.24, 2.45) is 0 Å². The molecule has 0 unspecified atom stereocenters. The number of piperazine rings is 1. The van der Waals surface area contributed by atoms with Crippen molar-refractivity contribution in [2.75, 3.05) is 45.2 Å². The number of rotatable bonds is 4. The van der Waals surface area contributed by atoms with E-state index >= 15 is 0 Å². The Kier molecular flexibility index (Phi) is 5.38. The van der Waals surface area contributed by atoms with Gasteiger partial charge in [0.25, 0.3) is 0 Å². The Balaban J connectivity index is 1.96. The van der Waals surface area contributed by atoms with Crippen molar-refractivity contribution in [1.82, 2.24) is 19.2 Å². The molecule has 2 aromatic rings. The highest BCUT2D eigenvalue weighted by Crippen LogP contribution is 2.35. The second-order valence-electron chi connectivity index (χ2n) is 5.90. The first kappa shape index (κ1) is 18.2. The molecule has 1 aliphatic heterocycles. The first-order valence-electron chi connectivity index (χ1n) is 7.89. The average molecular weight is 426 g/mol. The summed E-state index contributed by atoms with van der Waals surface area (Å²) in [6, 6.07) is 6.94. The number of benzene rings is 1. The zero-order chi connectivity index (χ0) is 18.0. The summed E-state index contributed by atoms with van der Waals surface area (Å²) in [5.41, 5.74) is 0.696. The quantitative estimate of drug-likeness (QED) is 0.745. The Hall–Kier alpha value is -1.55. The van der Waals surface area contributed by atoms with Crippen molar-refractivity contribution in [2.45, 2.75) is 4.90 Å². The lowest BCUT2D eigenvalue weighted by Gasteiger charge is -2.32. The fraction of sp³-hybridized carbons (Fsp3) is 0.375. The van der Waals surface area contributed by atoms with Crippen molar-refractivity contribution in [1.29, 1.82) is 0 Å². The van der Waals surface area contributed by atoms with Crippen molar-refractivity contribution >= 4 is 37.6 Å². The van der Waals surface area contributed by atoms with Gasteiger partial charge in [-0.1, -0.05) is 6.07 Å². The molecular weight excluding hydrogens is 406 g/mol. The third kappa shape index (κ3) is 3.69. The van der Waals surface area contributed by atoms with E-state index in [1.54, 1.807) is 35.5 Å². The summed E-state index contributed by atoms with van der Waals surface area (Å²) >= 11 is 3.48.